The van der Waals surface area contributed by atoms with Gasteiger partial charge in [0.05, 0.1) is 19.5 Å². The Bertz CT molecular complexity index is 703. The van der Waals surface area contributed by atoms with E-state index in [-0.39, 0.29) is 17.8 Å². The summed E-state index contributed by atoms with van der Waals surface area (Å²) in [5.41, 5.74) is 1.19. The van der Waals surface area contributed by atoms with E-state index < -0.39 is 6.61 Å². The lowest BCUT2D eigenvalue weighted by Gasteiger charge is -2.32. The summed E-state index contributed by atoms with van der Waals surface area (Å²) in [7, 11) is 1.80. The van der Waals surface area contributed by atoms with Gasteiger partial charge < -0.3 is 18.9 Å². The lowest BCUT2D eigenvalue weighted by Crippen LogP contribution is -2.42. The van der Waals surface area contributed by atoms with Gasteiger partial charge in [-0.05, 0) is 17.7 Å². The van der Waals surface area contributed by atoms with Crippen LogP contribution in [0.5, 0.6) is 5.75 Å². The number of halogens is 2. The second-order valence-electron chi connectivity index (χ2n) is 5.48. The molecule has 0 aliphatic carbocycles. The maximum atomic E-state index is 12.5. The summed E-state index contributed by atoms with van der Waals surface area (Å²) in [6.45, 7) is -1.59. The van der Waals surface area contributed by atoms with Crippen LogP contribution in [0.2, 0.25) is 0 Å². The molecule has 1 aromatic heterocycles. The molecule has 0 saturated carbocycles. The SMILES string of the molecule is Cn1cnc(C(=O)N2CCO[C@H](c3ccc(OC(F)F)cc3)C2)c1. The van der Waals surface area contributed by atoms with E-state index in [4.69, 9.17) is 4.74 Å². The third-order valence-electron chi connectivity index (χ3n) is 3.75. The molecule has 0 N–H and O–H groups in total. The number of imidazole rings is 1. The Kier molecular flexibility index (Phi) is 4.75. The van der Waals surface area contributed by atoms with Crippen molar-refractivity contribution in [2.45, 2.75) is 12.7 Å². The lowest BCUT2D eigenvalue weighted by atomic mass is 10.1. The minimum Gasteiger partial charge on any atom is -0.435 e. The Morgan fingerprint density at radius 2 is 2.12 bits per heavy atom. The van der Waals surface area contributed by atoms with E-state index >= 15 is 0 Å². The Labute approximate surface area is 137 Å². The molecular weight excluding hydrogens is 320 g/mol. The molecule has 0 bridgehead atoms. The summed E-state index contributed by atoms with van der Waals surface area (Å²) in [6.07, 6.45) is 2.93. The number of ether oxygens (including phenoxy) is 2. The molecular formula is C16H17F2N3O3. The molecule has 2 aromatic rings. The molecule has 1 aliphatic heterocycles. The van der Waals surface area contributed by atoms with E-state index in [0.717, 1.165) is 5.56 Å². The number of aryl methyl sites for hydroxylation is 1. The van der Waals surface area contributed by atoms with E-state index in [1.807, 2.05) is 0 Å². The van der Waals surface area contributed by atoms with Gasteiger partial charge in [0.2, 0.25) is 0 Å². The van der Waals surface area contributed by atoms with Crippen molar-refractivity contribution in [1.82, 2.24) is 14.5 Å². The highest BCUT2D eigenvalue weighted by molar-refractivity contribution is 5.92. The van der Waals surface area contributed by atoms with E-state index in [9.17, 15) is 13.6 Å². The highest BCUT2D eigenvalue weighted by Crippen LogP contribution is 2.25. The van der Waals surface area contributed by atoms with Crippen LogP contribution in [0.3, 0.4) is 0 Å². The Balaban J connectivity index is 1.68. The smallest absolute Gasteiger partial charge is 0.387 e. The van der Waals surface area contributed by atoms with Crippen molar-refractivity contribution in [3.05, 3.63) is 48.0 Å². The second-order valence-corrected chi connectivity index (χ2v) is 5.48. The summed E-state index contributed by atoms with van der Waals surface area (Å²) in [5, 5.41) is 0. The van der Waals surface area contributed by atoms with Gasteiger partial charge in [-0.3, -0.25) is 4.79 Å². The first-order valence-electron chi connectivity index (χ1n) is 7.46. The highest BCUT2D eigenvalue weighted by atomic mass is 19.3. The van der Waals surface area contributed by atoms with Crippen LogP contribution in [0.1, 0.15) is 22.2 Å². The highest BCUT2D eigenvalue weighted by Gasteiger charge is 2.27. The van der Waals surface area contributed by atoms with Crippen molar-refractivity contribution in [3.8, 4) is 5.75 Å². The molecule has 1 atom stereocenters. The number of amides is 1. The molecule has 1 aromatic carbocycles. The summed E-state index contributed by atoms with van der Waals surface area (Å²) in [4.78, 5) is 18.2. The van der Waals surface area contributed by atoms with Gasteiger partial charge >= 0.3 is 6.61 Å². The van der Waals surface area contributed by atoms with Crippen molar-refractivity contribution in [2.75, 3.05) is 19.7 Å². The lowest BCUT2D eigenvalue weighted by molar-refractivity contribution is -0.0499. The molecule has 3 rings (SSSR count). The number of benzene rings is 1. The fraction of sp³-hybridized carbons (Fsp3) is 0.375. The fourth-order valence-corrected chi connectivity index (χ4v) is 2.58. The summed E-state index contributed by atoms with van der Waals surface area (Å²) in [6, 6.07) is 6.25. The second kappa shape index (κ2) is 6.96. The largest absolute Gasteiger partial charge is 0.435 e. The quantitative estimate of drug-likeness (QED) is 0.859. The first-order chi connectivity index (χ1) is 11.5. The molecule has 1 fully saturated rings. The number of morpholine rings is 1. The van der Waals surface area contributed by atoms with Crippen LogP contribution in [0.4, 0.5) is 8.78 Å². The van der Waals surface area contributed by atoms with Crippen molar-refractivity contribution < 1.29 is 23.0 Å². The number of hydrogen-bond donors (Lipinski definition) is 0. The third-order valence-corrected chi connectivity index (χ3v) is 3.75. The molecule has 24 heavy (non-hydrogen) atoms. The van der Waals surface area contributed by atoms with Gasteiger partial charge in [0, 0.05) is 19.8 Å². The molecule has 8 heteroatoms. The topological polar surface area (TPSA) is 56.6 Å². The summed E-state index contributed by atoms with van der Waals surface area (Å²) in [5.74, 6) is -0.0625. The van der Waals surface area contributed by atoms with Crippen LogP contribution in [-0.4, -0.2) is 46.7 Å². The minimum atomic E-state index is -2.85. The van der Waals surface area contributed by atoms with Crippen LogP contribution in [0.25, 0.3) is 0 Å². The maximum Gasteiger partial charge on any atom is 0.387 e. The Hall–Kier alpha value is -2.48. The van der Waals surface area contributed by atoms with Gasteiger partial charge in [0.1, 0.15) is 17.5 Å². The van der Waals surface area contributed by atoms with Crippen LogP contribution >= 0.6 is 0 Å². The summed E-state index contributed by atoms with van der Waals surface area (Å²) < 4.78 is 36.1. The van der Waals surface area contributed by atoms with E-state index in [1.165, 1.54) is 12.1 Å². The molecule has 6 nitrogen and oxygen atoms in total. The van der Waals surface area contributed by atoms with E-state index in [2.05, 4.69) is 9.72 Å². The van der Waals surface area contributed by atoms with Crippen molar-refractivity contribution in [1.29, 1.82) is 0 Å². The molecule has 1 aliphatic rings. The van der Waals surface area contributed by atoms with Crippen LogP contribution in [-0.2, 0) is 11.8 Å². The number of alkyl halides is 2. The van der Waals surface area contributed by atoms with Gasteiger partial charge in [0.15, 0.2) is 0 Å². The van der Waals surface area contributed by atoms with Crippen LogP contribution in [0, 0.1) is 0 Å². The zero-order chi connectivity index (χ0) is 17.1. The normalized spacial score (nSPS) is 18.0. The summed E-state index contributed by atoms with van der Waals surface area (Å²) >= 11 is 0. The van der Waals surface area contributed by atoms with E-state index in [0.29, 0.717) is 25.4 Å². The molecule has 0 spiro atoms. The number of rotatable bonds is 4. The van der Waals surface area contributed by atoms with Crippen LogP contribution < -0.4 is 4.74 Å². The molecule has 2 heterocycles. The van der Waals surface area contributed by atoms with Crippen molar-refractivity contribution >= 4 is 5.91 Å². The average molecular weight is 337 g/mol. The zero-order valence-electron chi connectivity index (χ0n) is 13.1. The van der Waals surface area contributed by atoms with Gasteiger partial charge in [0.25, 0.3) is 5.91 Å². The van der Waals surface area contributed by atoms with Gasteiger partial charge in [-0.2, -0.15) is 8.78 Å². The molecule has 0 unspecified atom stereocenters. The molecule has 1 saturated heterocycles. The van der Waals surface area contributed by atoms with Gasteiger partial charge in [-0.15, -0.1) is 0 Å². The van der Waals surface area contributed by atoms with Gasteiger partial charge in [-0.25, -0.2) is 4.98 Å². The number of hydrogen-bond acceptors (Lipinski definition) is 4. The van der Waals surface area contributed by atoms with Crippen molar-refractivity contribution in [2.24, 2.45) is 7.05 Å². The number of carbonyl (C=O) groups excluding carboxylic acids is 1. The predicted molar refractivity (Wildman–Crippen MR) is 80.9 cm³/mol. The maximum absolute atomic E-state index is 12.5. The van der Waals surface area contributed by atoms with E-state index in [1.54, 1.807) is 41.2 Å². The number of nitrogens with zero attached hydrogens (tertiary/aromatic N) is 3. The molecule has 128 valence electrons. The zero-order valence-corrected chi connectivity index (χ0v) is 13.1. The number of aromatic nitrogens is 2. The monoisotopic (exact) mass is 337 g/mol. The van der Waals surface area contributed by atoms with Gasteiger partial charge in [-0.1, -0.05) is 12.1 Å². The first-order valence-corrected chi connectivity index (χ1v) is 7.46. The van der Waals surface area contributed by atoms with Crippen LogP contribution in [0.15, 0.2) is 36.8 Å². The average Bonchev–Trinajstić information content (AvgIpc) is 3.01. The molecule has 1 amide bonds. The van der Waals surface area contributed by atoms with Crippen molar-refractivity contribution in [3.63, 3.8) is 0 Å². The predicted octanol–water partition coefficient (Wildman–Crippen LogP) is 2.24. The Morgan fingerprint density at radius 1 is 1.38 bits per heavy atom. The molecule has 0 radical (unpaired) electrons. The fourth-order valence-electron chi connectivity index (χ4n) is 2.58. The Morgan fingerprint density at radius 3 is 2.75 bits per heavy atom. The minimum absolute atomic E-state index is 0.0889. The third kappa shape index (κ3) is 3.70. The first kappa shape index (κ1) is 16.4. The number of carbonyl (C=O) groups is 1. The standard InChI is InChI=1S/C16H17F2N3O3/c1-20-8-13(19-10-20)15(22)21-6-7-23-14(9-21)11-2-4-12(5-3-11)24-16(17)18/h2-5,8,10,14,16H,6-7,9H2,1H3/t14-/m0/s1.